The predicted molar refractivity (Wildman–Crippen MR) is 206 cm³/mol. The van der Waals surface area contributed by atoms with Gasteiger partial charge in [0, 0.05) is 47.9 Å². The fourth-order valence-electron chi connectivity index (χ4n) is 5.04. The quantitative estimate of drug-likeness (QED) is 0.0298. The molecule has 0 bridgehead atoms. The van der Waals surface area contributed by atoms with E-state index in [1.54, 1.807) is 74.5 Å². The number of nitrogens with one attached hydrogen (secondary N) is 3. The van der Waals surface area contributed by atoms with E-state index >= 15 is 4.39 Å². The molecular weight excluding hydrogens is 767 g/mol. The summed E-state index contributed by atoms with van der Waals surface area (Å²) in [5.41, 5.74) is 0.158. The summed E-state index contributed by atoms with van der Waals surface area (Å²) in [6, 6.07) is 17.9. The van der Waals surface area contributed by atoms with E-state index in [0.717, 1.165) is 4.68 Å². The zero-order chi connectivity index (χ0) is 40.1. The van der Waals surface area contributed by atoms with Crippen molar-refractivity contribution in [2.45, 2.75) is 19.9 Å². The van der Waals surface area contributed by atoms with Crippen molar-refractivity contribution in [3.05, 3.63) is 114 Å². The van der Waals surface area contributed by atoms with Gasteiger partial charge in [0.1, 0.15) is 31.0 Å². The van der Waals surface area contributed by atoms with Crippen LogP contribution in [0.15, 0.2) is 85.2 Å². The molecule has 0 saturated heterocycles. The van der Waals surface area contributed by atoms with Crippen LogP contribution in [0.25, 0.3) is 5.95 Å². The lowest BCUT2D eigenvalue weighted by Gasteiger charge is -2.22. The number of aromatic nitrogens is 5. The molecule has 57 heavy (non-hydrogen) atoms. The number of benzene rings is 3. The molecule has 2 heterocycles. The fourth-order valence-corrected chi connectivity index (χ4v) is 5.04. The smallest absolute Gasteiger partial charge is 0.325 e. The third-order valence-corrected chi connectivity index (χ3v) is 7.88. The number of anilines is 1. The Morgan fingerprint density at radius 3 is 2.35 bits per heavy atom. The summed E-state index contributed by atoms with van der Waals surface area (Å²) in [6.07, 6.45) is 2.94. The lowest BCUT2D eigenvalue weighted by Crippen LogP contribution is -2.33. The molecule has 302 valence electrons. The van der Waals surface area contributed by atoms with Crippen molar-refractivity contribution in [2.24, 2.45) is 5.41 Å². The molecule has 3 aromatic carbocycles. The number of nitrogens with zero attached hydrogens (tertiary/aromatic N) is 5. The van der Waals surface area contributed by atoms with Gasteiger partial charge in [0.2, 0.25) is 6.79 Å². The molecule has 0 aliphatic heterocycles. The number of hydrogen-bond acceptors (Lipinski definition) is 15. The number of aliphatic hydroxyl groups is 1. The lowest BCUT2D eigenvalue weighted by atomic mass is 9.95. The number of rotatable bonds is 19. The third kappa shape index (κ3) is 11.4. The molecule has 1 amide bonds. The highest BCUT2D eigenvalue weighted by Crippen LogP contribution is 2.36. The Labute approximate surface area is 333 Å². The second-order valence-electron chi connectivity index (χ2n) is 12.5. The first kappa shape index (κ1) is 43.5. The molecule has 5 rings (SSSR count). The minimum atomic E-state index is -1.18. The molecule has 0 fully saturated rings. The van der Waals surface area contributed by atoms with Crippen molar-refractivity contribution in [3.63, 3.8) is 0 Å². The Morgan fingerprint density at radius 2 is 1.68 bits per heavy atom. The number of hydrogen-bond donors (Lipinski definition) is 4. The lowest BCUT2D eigenvalue weighted by molar-refractivity contribution is -0.167. The number of halogens is 2. The first-order valence-electron chi connectivity index (χ1n) is 17.1. The predicted octanol–water partition coefficient (Wildman–Crippen LogP) is 4.48. The van der Waals surface area contributed by atoms with Gasteiger partial charge >= 0.3 is 12.0 Å². The van der Waals surface area contributed by atoms with Crippen LogP contribution >= 0.6 is 12.4 Å². The second-order valence-corrected chi connectivity index (χ2v) is 12.5. The summed E-state index contributed by atoms with van der Waals surface area (Å²) in [7, 11) is 2.86. The molecule has 5 aromatic rings. The molecular formula is C38H42ClFN8O9. The molecule has 0 saturated carbocycles. The van der Waals surface area contributed by atoms with Crippen molar-refractivity contribution in [1.82, 2.24) is 30.0 Å². The maximum atomic E-state index is 16.4. The van der Waals surface area contributed by atoms with Crippen molar-refractivity contribution in [2.75, 3.05) is 52.9 Å². The largest absolute Gasteiger partial charge is 0.497 e. The van der Waals surface area contributed by atoms with Crippen LogP contribution in [0.3, 0.4) is 0 Å². The van der Waals surface area contributed by atoms with Gasteiger partial charge in [0.25, 0.3) is 11.9 Å². The molecule has 0 spiro atoms. The molecule has 2 aromatic heterocycles. The zero-order valence-corrected chi connectivity index (χ0v) is 32.2. The first-order valence-corrected chi connectivity index (χ1v) is 17.1. The second kappa shape index (κ2) is 20.6. The Kier molecular flexibility index (Phi) is 15.8. The van der Waals surface area contributed by atoms with Crippen molar-refractivity contribution in [1.29, 1.82) is 5.41 Å². The van der Waals surface area contributed by atoms with E-state index in [9.17, 15) is 14.7 Å². The third-order valence-electron chi connectivity index (χ3n) is 7.88. The number of amides is 1. The van der Waals surface area contributed by atoms with Crippen LogP contribution in [0.2, 0.25) is 0 Å². The monoisotopic (exact) mass is 808 g/mol. The summed E-state index contributed by atoms with van der Waals surface area (Å²) in [4.78, 5) is 38.6. The van der Waals surface area contributed by atoms with Crippen LogP contribution < -0.4 is 24.8 Å². The Balaban J connectivity index is 0.00000720. The summed E-state index contributed by atoms with van der Waals surface area (Å²) >= 11 is 0. The van der Waals surface area contributed by atoms with E-state index in [2.05, 4.69) is 30.7 Å². The number of methoxy groups -OCH3 is 2. The van der Waals surface area contributed by atoms with Gasteiger partial charge in [-0.25, -0.2) is 14.4 Å². The van der Waals surface area contributed by atoms with Crippen LogP contribution in [-0.2, 0) is 19.0 Å². The van der Waals surface area contributed by atoms with E-state index in [0.29, 0.717) is 16.8 Å². The van der Waals surface area contributed by atoms with Gasteiger partial charge in [-0.15, -0.1) is 22.2 Å². The Bertz CT molecular complexity index is 2090. The van der Waals surface area contributed by atoms with Gasteiger partial charge in [-0.2, -0.15) is 4.98 Å². The molecule has 0 radical (unpaired) electrons. The minimum absolute atomic E-state index is 0. The molecule has 4 N–H and O–H groups in total. The maximum absolute atomic E-state index is 16.4. The van der Waals surface area contributed by atoms with Crippen LogP contribution in [0.1, 0.15) is 47.2 Å². The SMILES string of the molecule is COCOCC(C)(C)C(=O)OCOc1nc([C@H](Nc2ccc(C(=N)NC(=O)c3ccccc3)cc2)c2cc(OC)cc(OCCO)c2F)nn1-c1ncccn1.Cl. The van der Waals surface area contributed by atoms with Gasteiger partial charge in [-0.1, -0.05) is 18.2 Å². The minimum Gasteiger partial charge on any atom is -0.497 e. The average Bonchev–Trinajstić information content (AvgIpc) is 3.64. The average molecular weight is 809 g/mol. The van der Waals surface area contributed by atoms with Crippen molar-refractivity contribution >= 4 is 35.8 Å². The summed E-state index contributed by atoms with van der Waals surface area (Å²) in [5.74, 6) is -1.99. The van der Waals surface area contributed by atoms with Crippen LogP contribution in [0, 0.1) is 16.6 Å². The number of carbonyl (C=O) groups excluding carboxylic acids is 2. The topological polar surface area (TPSA) is 214 Å². The highest BCUT2D eigenvalue weighted by molar-refractivity contribution is 6.11. The van der Waals surface area contributed by atoms with Crippen molar-refractivity contribution < 1.29 is 47.5 Å². The van der Waals surface area contributed by atoms with Crippen molar-refractivity contribution in [3.8, 4) is 23.5 Å². The van der Waals surface area contributed by atoms with Gasteiger partial charge in [-0.3, -0.25) is 15.0 Å². The summed E-state index contributed by atoms with van der Waals surface area (Å²) in [6.45, 7) is 2.14. The van der Waals surface area contributed by atoms with E-state index < -0.39 is 35.9 Å². The number of ether oxygens (including phenoxy) is 6. The number of carbonyl (C=O) groups is 2. The normalized spacial score (nSPS) is 11.5. The van der Waals surface area contributed by atoms with E-state index in [4.69, 9.17) is 33.8 Å². The number of aliphatic hydroxyl groups excluding tert-OH is 1. The fraction of sp³-hybridized carbons (Fsp3) is 0.289. The summed E-state index contributed by atoms with van der Waals surface area (Å²) < 4.78 is 49.9. The zero-order valence-electron chi connectivity index (χ0n) is 31.4. The molecule has 0 unspecified atom stereocenters. The molecule has 0 aliphatic carbocycles. The maximum Gasteiger partial charge on any atom is 0.325 e. The Morgan fingerprint density at radius 1 is 0.965 bits per heavy atom. The molecule has 19 heteroatoms. The van der Waals surface area contributed by atoms with Gasteiger partial charge in [0.05, 0.1) is 25.7 Å². The van der Waals surface area contributed by atoms with E-state index in [1.165, 1.54) is 38.7 Å². The van der Waals surface area contributed by atoms with Crippen LogP contribution in [0.4, 0.5) is 10.1 Å². The summed E-state index contributed by atoms with van der Waals surface area (Å²) in [5, 5.41) is 28.2. The van der Waals surface area contributed by atoms with E-state index in [-0.39, 0.29) is 79.7 Å². The van der Waals surface area contributed by atoms with Gasteiger partial charge in [0.15, 0.2) is 17.4 Å². The number of esters is 1. The molecule has 17 nitrogen and oxygen atoms in total. The van der Waals surface area contributed by atoms with E-state index in [1.807, 2.05) is 0 Å². The highest BCUT2D eigenvalue weighted by Gasteiger charge is 2.32. The standard InChI is InChI=1S/C38H41FN8O9.ClH/c1-38(2,21-53-22-51-3)35(50)55-23-56-37-45-33(46-47(37)36-41-15-8-16-42-36)31(28-19-27(52-4)20-29(30(28)39)54-18-17-48)43-26-13-11-24(12-14-26)32(40)44-34(49)25-9-6-5-7-10-25;/h5-16,19-20,31,43,48H,17-18,21-23H2,1-4H3,(H2,40,44,49);1H/t31-;/m1./s1. The van der Waals surface area contributed by atoms with Crippen LogP contribution in [-0.4, -0.2) is 95.2 Å². The molecule has 1 atom stereocenters. The number of amidine groups is 1. The van der Waals surface area contributed by atoms with Gasteiger partial charge < -0.3 is 44.2 Å². The van der Waals surface area contributed by atoms with Gasteiger partial charge in [-0.05, 0) is 62.4 Å². The van der Waals surface area contributed by atoms with Crippen LogP contribution in [0.5, 0.6) is 17.5 Å². The molecule has 0 aliphatic rings. The highest BCUT2D eigenvalue weighted by atomic mass is 35.5. The first-order chi connectivity index (χ1) is 27.0. The Hall–Kier alpha value is -6.21.